The molecule has 0 unspecified atom stereocenters. The van der Waals surface area contributed by atoms with Gasteiger partial charge in [0, 0.05) is 29.9 Å². The fraction of sp³-hybridized carbons (Fsp3) is 0.105. The number of anilines is 1. The van der Waals surface area contributed by atoms with Crippen LogP contribution in [0.1, 0.15) is 12.1 Å². The molecule has 118 valence electrons. The maximum Gasteiger partial charge on any atom is 0.221 e. The Morgan fingerprint density at radius 3 is 2.33 bits per heavy atom. The molecule has 0 saturated carbocycles. The Morgan fingerprint density at radius 1 is 0.875 bits per heavy atom. The van der Waals surface area contributed by atoms with E-state index in [1.807, 2.05) is 48.5 Å². The molecule has 0 bridgehead atoms. The number of aromatic nitrogens is 3. The van der Waals surface area contributed by atoms with Crippen LogP contribution in [0.15, 0.2) is 60.9 Å². The number of hydrogen-bond donors (Lipinski definition) is 1. The average Bonchev–Trinajstić information content (AvgIpc) is 3.17. The van der Waals surface area contributed by atoms with E-state index >= 15 is 0 Å². The van der Waals surface area contributed by atoms with Crippen molar-refractivity contribution in [2.45, 2.75) is 6.42 Å². The zero-order valence-corrected chi connectivity index (χ0v) is 13.0. The number of nitrogens with zero attached hydrogens (tertiary/aromatic N) is 3. The zero-order valence-electron chi connectivity index (χ0n) is 13.0. The third-order valence-corrected chi connectivity index (χ3v) is 3.88. The Kier molecular flexibility index (Phi) is 3.67. The van der Waals surface area contributed by atoms with Crippen LogP contribution in [0.2, 0.25) is 0 Å². The quantitative estimate of drug-likeness (QED) is 0.800. The summed E-state index contributed by atoms with van der Waals surface area (Å²) in [4.78, 5) is 13.1. The van der Waals surface area contributed by atoms with Gasteiger partial charge in [0.25, 0.3) is 0 Å². The molecule has 1 aliphatic heterocycles. The van der Waals surface area contributed by atoms with Gasteiger partial charge in [0.15, 0.2) is 0 Å². The van der Waals surface area contributed by atoms with Gasteiger partial charge in [-0.05, 0) is 23.8 Å². The Labute approximate surface area is 139 Å². The summed E-state index contributed by atoms with van der Waals surface area (Å²) in [6.07, 6.45) is 6.43. The summed E-state index contributed by atoms with van der Waals surface area (Å²) in [5.41, 5.74) is 10.4. The number of rotatable bonds is 3. The largest absolute Gasteiger partial charge is 0.491 e. The highest BCUT2D eigenvalue weighted by atomic mass is 16.5. The van der Waals surface area contributed by atoms with Gasteiger partial charge < -0.3 is 10.5 Å². The van der Waals surface area contributed by atoms with Crippen molar-refractivity contribution in [3.05, 3.63) is 66.6 Å². The summed E-state index contributed by atoms with van der Waals surface area (Å²) >= 11 is 0. The van der Waals surface area contributed by atoms with Crippen molar-refractivity contribution < 1.29 is 4.74 Å². The van der Waals surface area contributed by atoms with Gasteiger partial charge >= 0.3 is 0 Å². The molecule has 0 fully saturated rings. The number of nitrogen functional groups attached to an aromatic ring is 1. The molecule has 1 aliphatic rings. The van der Waals surface area contributed by atoms with E-state index in [2.05, 4.69) is 15.0 Å². The van der Waals surface area contributed by atoms with Gasteiger partial charge in [-0.2, -0.15) is 0 Å². The third-order valence-electron chi connectivity index (χ3n) is 3.88. The minimum Gasteiger partial charge on any atom is -0.491 e. The fourth-order valence-corrected chi connectivity index (χ4v) is 2.84. The number of benzene rings is 1. The molecule has 0 saturated heterocycles. The van der Waals surface area contributed by atoms with E-state index in [4.69, 9.17) is 10.5 Å². The topological polar surface area (TPSA) is 73.9 Å². The lowest BCUT2D eigenvalue weighted by molar-refractivity contribution is 0.306. The average molecular weight is 316 g/mol. The highest BCUT2D eigenvalue weighted by Crippen LogP contribution is 2.37. The molecule has 0 amide bonds. The molecule has 3 heterocycles. The second-order valence-corrected chi connectivity index (χ2v) is 5.46. The van der Waals surface area contributed by atoms with Crippen LogP contribution in [0.5, 0.6) is 0 Å². The van der Waals surface area contributed by atoms with Gasteiger partial charge in [-0.25, -0.2) is 9.97 Å². The highest BCUT2D eigenvalue weighted by molar-refractivity contribution is 5.88. The maximum absolute atomic E-state index is 5.99. The van der Waals surface area contributed by atoms with Crippen LogP contribution in [0.25, 0.3) is 28.1 Å². The van der Waals surface area contributed by atoms with Crippen LogP contribution in [0.3, 0.4) is 0 Å². The van der Waals surface area contributed by atoms with Crippen molar-refractivity contribution in [3.8, 4) is 22.4 Å². The van der Waals surface area contributed by atoms with Crippen molar-refractivity contribution >= 4 is 11.7 Å². The van der Waals surface area contributed by atoms with Crippen molar-refractivity contribution in [1.29, 1.82) is 0 Å². The Hall–Kier alpha value is -3.21. The monoisotopic (exact) mass is 316 g/mol. The molecule has 0 radical (unpaired) electrons. The molecular formula is C19H16N4O. The summed E-state index contributed by atoms with van der Waals surface area (Å²) in [5.74, 6) is 0.992. The van der Waals surface area contributed by atoms with Crippen LogP contribution < -0.4 is 5.73 Å². The van der Waals surface area contributed by atoms with Crippen molar-refractivity contribution in [2.24, 2.45) is 0 Å². The first-order valence-electron chi connectivity index (χ1n) is 7.79. The lowest BCUT2D eigenvalue weighted by Gasteiger charge is -2.15. The lowest BCUT2D eigenvalue weighted by atomic mass is 9.97. The first-order valence-corrected chi connectivity index (χ1v) is 7.79. The molecule has 5 nitrogen and oxygen atoms in total. The molecule has 0 atom stereocenters. The second-order valence-electron chi connectivity index (χ2n) is 5.46. The normalized spacial score (nSPS) is 13.4. The molecule has 0 aliphatic carbocycles. The van der Waals surface area contributed by atoms with Crippen LogP contribution in [0, 0.1) is 0 Å². The minimum atomic E-state index is 0.234. The van der Waals surface area contributed by atoms with Crippen LogP contribution in [-0.4, -0.2) is 21.6 Å². The fourth-order valence-electron chi connectivity index (χ4n) is 2.84. The third kappa shape index (κ3) is 2.60. The van der Waals surface area contributed by atoms with Gasteiger partial charge in [-0.1, -0.05) is 30.3 Å². The van der Waals surface area contributed by atoms with Gasteiger partial charge in [-0.3, -0.25) is 4.98 Å². The minimum absolute atomic E-state index is 0.234. The smallest absolute Gasteiger partial charge is 0.221 e. The van der Waals surface area contributed by atoms with E-state index in [9.17, 15) is 0 Å². The van der Waals surface area contributed by atoms with Gasteiger partial charge in [-0.15, -0.1) is 0 Å². The summed E-state index contributed by atoms with van der Waals surface area (Å²) in [6.45, 7) is 0.662. The van der Waals surface area contributed by atoms with Crippen molar-refractivity contribution in [3.63, 3.8) is 0 Å². The Morgan fingerprint density at radius 2 is 1.62 bits per heavy atom. The second kappa shape index (κ2) is 6.12. The molecule has 5 heteroatoms. The van der Waals surface area contributed by atoms with Crippen LogP contribution >= 0.6 is 0 Å². The number of pyridine rings is 1. The van der Waals surface area contributed by atoms with E-state index < -0.39 is 0 Å². The van der Waals surface area contributed by atoms with E-state index in [-0.39, 0.29) is 5.95 Å². The van der Waals surface area contributed by atoms with E-state index in [0.717, 1.165) is 40.3 Å². The predicted molar refractivity (Wildman–Crippen MR) is 93.7 cm³/mol. The standard InChI is InChI=1S/C19H16N4O/c20-19-22-17(14-5-2-1-3-6-14)16(13-8-10-21-11-9-13)18(23-19)15-7-4-12-24-15/h1-3,5-11H,4,12H2,(H2,20,22,23). The lowest BCUT2D eigenvalue weighted by Crippen LogP contribution is -2.05. The van der Waals surface area contributed by atoms with Gasteiger partial charge in [0.05, 0.1) is 12.3 Å². The Balaban J connectivity index is 2.02. The van der Waals surface area contributed by atoms with Crippen molar-refractivity contribution in [1.82, 2.24) is 15.0 Å². The molecule has 2 N–H and O–H groups in total. The first kappa shape index (κ1) is 14.4. The zero-order chi connectivity index (χ0) is 16.4. The molecule has 24 heavy (non-hydrogen) atoms. The summed E-state index contributed by atoms with van der Waals surface area (Å²) in [5, 5.41) is 0. The van der Waals surface area contributed by atoms with Crippen molar-refractivity contribution in [2.75, 3.05) is 12.3 Å². The summed E-state index contributed by atoms with van der Waals surface area (Å²) in [6, 6.07) is 13.9. The molecule has 1 aromatic carbocycles. The highest BCUT2D eigenvalue weighted by Gasteiger charge is 2.22. The predicted octanol–water partition coefficient (Wildman–Crippen LogP) is 3.55. The van der Waals surface area contributed by atoms with Gasteiger partial charge in [0.1, 0.15) is 11.5 Å². The molecule has 0 spiro atoms. The maximum atomic E-state index is 5.99. The first-order chi connectivity index (χ1) is 11.8. The molecular weight excluding hydrogens is 300 g/mol. The van der Waals surface area contributed by atoms with E-state index in [0.29, 0.717) is 6.61 Å². The summed E-state index contributed by atoms with van der Waals surface area (Å²) < 4.78 is 5.75. The number of hydrogen-bond acceptors (Lipinski definition) is 5. The molecule has 3 aromatic rings. The summed E-state index contributed by atoms with van der Waals surface area (Å²) in [7, 11) is 0. The SMILES string of the molecule is Nc1nc(C2=CCCO2)c(-c2ccncc2)c(-c2ccccc2)n1. The van der Waals surface area contributed by atoms with Gasteiger partial charge in [0.2, 0.25) is 5.95 Å². The van der Waals surface area contributed by atoms with Crippen LogP contribution in [-0.2, 0) is 4.74 Å². The number of ether oxygens (including phenoxy) is 1. The van der Waals surface area contributed by atoms with Crippen LogP contribution in [0.4, 0.5) is 5.95 Å². The Bertz CT molecular complexity index is 892. The molecule has 2 aromatic heterocycles. The number of nitrogens with two attached hydrogens (primary N) is 1. The van der Waals surface area contributed by atoms with E-state index in [1.54, 1.807) is 12.4 Å². The molecule has 4 rings (SSSR count). The van der Waals surface area contributed by atoms with E-state index in [1.165, 1.54) is 0 Å².